The molecule has 0 unspecified atom stereocenters. The van der Waals surface area contributed by atoms with Crippen LogP contribution < -0.4 is 0 Å². The lowest BCUT2D eigenvalue weighted by atomic mass is 10.3. The number of nitrogens with zero attached hydrogens (tertiary/aromatic N) is 5. The van der Waals surface area contributed by atoms with E-state index in [4.69, 9.17) is 4.52 Å². The van der Waals surface area contributed by atoms with Crippen molar-refractivity contribution >= 4 is 17.1 Å². The van der Waals surface area contributed by atoms with Gasteiger partial charge in [0.1, 0.15) is 5.69 Å². The Kier molecular flexibility index (Phi) is 2.56. The summed E-state index contributed by atoms with van der Waals surface area (Å²) in [7, 11) is 0. The first-order valence-electron chi connectivity index (χ1n) is 6.03. The number of thiophene rings is 1. The number of aromatic nitrogens is 5. The average molecular weight is 283 g/mol. The Bertz CT molecular complexity index is 816. The van der Waals surface area contributed by atoms with Gasteiger partial charge >= 0.3 is 0 Å². The Morgan fingerprint density at radius 2 is 2.25 bits per heavy atom. The van der Waals surface area contributed by atoms with Crippen molar-refractivity contribution in [3.8, 4) is 11.6 Å². The Balaban J connectivity index is 1.67. The molecule has 0 aliphatic rings. The van der Waals surface area contributed by atoms with E-state index in [1.165, 1.54) is 4.88 Å². The molecule has 0 atom stereocenters. The largest absolute Gasteiger partial charge is 0.332 e. The van der Waals surface area contributed by atoms with Gasteiger partial charge in [0.25, 0.3) is 5.89 Å². The molecule has 0 fully saturated rings. The molecule has 0 N–H and O–H groups in total. The van der Waals surface area contributed by atoms with Crippen molar-refractivity contribution in [1.82, 2.24) is 24.5 Å². The number of hydrogen-bond donors (Lipinski definition) is 0. The second-order valence-electron chi connectivity index (χ2n) is 4.23. The number of hydrogen-bond acceptors (Lipinski definition) is 6. The molecule has 0 aromatic carbocycles. The average Bonchev–Trinajstić information content (AvgIpc) is 3.18. The second kappa shape index (κ2) is 4.53. The number of imidazole rings is 1. The summed E-state index contributed by atoms with van der Waals surface area (Å²) in [5.74, 6) is 1.69. The van der Waals surface area contributed by atoms with Crippen molar-refractivity contribution in [3.05, 3.63) is 52.9 Å². The summed E-state index contributed by atoms with van der Waals surface area (Å²) in [6, 6.07) is 5.90. The highest BCUT2D eigenvalue weighted by Gasteiger charge is 2.13. The fraction of sp³-hybridized carbons (Fsp3) is 0.0769. The van der Waals surface area contributed by atoms with Gasteiger partial charge in [0.15, 0.2) is 5.82 Å². The Hall–Kier alpha value is -2.54. The normalized spacial score (nSPS) is 11.2. The van der Waals surface area contributed by atoms with Gasteiger partial charge in [0.2, 0.25) is 5.78 Å². The van der Waals surface area contributed by atoms with Gasteiger partial charge in [-0.25, -0.2) is 9.97 Å². The molecule has 0 amide bonds. The van der Waals surface area contributed by atoms with Crippen molar-refractivity contribution in [2.45, 2.75) is 6.42 Å². The van der Waals surface area contributed by atoms with E-state index in [1.807, 2.05) is 34.3 Å². The summed E-state index contributed by atoms with van der Waals surface area (Å²) in [4.78, 5) is 14.1. The third-order valence-electron chi connectivity index (χ3n) is 2.84. The van der Waals surface area contributed by atoms with Crippen molar-refractivity contribution in [2.24, 2.45) is 0 Å². The molecule has 0 bridgehead atoms. The highest BCUT2D eigenvalue weighted by molar-refractivity contribution is 7.09. The lowest BCUT2D eigenvalue weighted by Crippen LogP contribution is -1.87. The van der Waals surface area contributed by atoms with Gasteiger partial charge in [-0.2, -0.15) is 4.98 Å². The van der Waals surface area contributed by atoms with E-state index in [1.54, 1.807) is 17.5 Å². The third kappa shape index (κ3) is 1.97. The van der Waals surface area contributed by atoms with E-state index in [9.17, 15) is 0 Å². The van der Waals surface area contributed by atoms with Crippen LogP contribution in [-0.4, -0.2) is 24.5 Å². The van der Waals surface area contributed by atoms with Crippen molar-refractivity contribution in [3.63, 3.8) is 0 Å². The second-order valence-corrected chi connectivity index (χ2v) is 5.26. The highest BCUT2D eigenvalue weighted by Crippen LogP contribution is 2.18. The van der Waals surface area contributed by atoms with E-state index in [2.05, 4.69) is 26.2 Å². The van der Waals surface area contributed by atoms with Gasteiger partial charge in [-0.15, -0.1) is 11.3 Å². The topological polar surface area (TPSA) is 69.1 Å². The van der Waals surface area contributed by atoms with Crippen LogP contribution in [0.2, 0.25) is 0 Å². The van der Waals surface area contributed by atoms with Crippen molar-refractivity contribution < 1.29 is 4.52 Å². The zero-order chi connectivity index (χ0) is 13.4. The van der Waals surface area contributed by atoms with Gasteiger partial charge < -0.3 is 4.52 Å². The highest BCUT2D eigenvalue weighted by atomic mass is 32.1. The summed E-state index contributed by atoms with van der Waals surface area (Å²) in [5, 5.41) is 6.02. The maximum atomic E-state index is 5.27. The fourth-order valence-electron chi connectivity index (χ4n) is 1.93. The van der Waals surface area contributed by atoms with Crippen LogP contribution >= 0.6 is 11.3 Å². The molecular weight excluding hydrogens is 274 g/mol. The fourth-order valence-corrected chi connectivity index (χ4v) is 2.63. The molecule has 98 valence electrons. The van der Waals surface area contributed by atoms with Gasteiger partial charge in [-0.05, 0) is 17.5 Å². The first-order chi connectivity index (χ1) is 9.88. The van der Waals surface area contributed by atoms with Gasteiger partial charge in [0, 0.05) is 29.9 Å². The maximum Gasteiger partial charge on any atom is 0.278 e. The molecule has 7 heteroatoms. The molecular formula is C13H9N5OS. The van der Waals surface area contributed by atoms with Crippen LogP contribution in [-0.2, 0) is 6.42 Å². The van der Waals surface area contributed by atoms with Gasteiger partial charge in [-0.1, -0.05) is 11.2 Å². The minimum Gasteiger partial charge on any atom is -0.332 e. The summed E-state index contributed by atoms with van der Waals surface area (Å²) in [6.07, 6.45) is 6.07. The first kappa shape index (κ1) is 11.3. The lowest BCUT2D eigenvalue weighted by Gasteiger charge is -1.87. The van der Waals surface area contributed by atoms with E-state index in [-0.39, 0.29) is 0 Å². The summed E-state index contributed by atoms with van der Waals surface area (Å²) < 4.78 is 7.09. The standard InChI is InChI=1S/C13H9N5OS/c1-3-9(20-6-1)7-11-16-12(19-17-11)10-8-18-5-2-4-14-13(18)15-10/h1-6,8H,7H2. The van der Waals surface area contributed by atoms with Crippen LogP contribution in [0.4, 0.5) is 0 Å². The quantitative estimate of drug-likeness (QED) is 0.577. The Labute approximate surface area is 117 Å². The van der Waals surface area contributed by atoms with E-state index in [0.717, 1.165) is 0 Å². The van der Waals surface area contributed by atoms with Crippen molar-refractivity contribution in [2.75, 3.05) is 0 Å². The van der Waals surface area contributed by atoms with Crippen LogP contribution in [0.1, 0.15) is 10.7 Å². The molecule has 4 aromatic rings. The van der Waals surface area contributed by atoms with Crippen LogP contribution in [0.5, 0.6) is 0 Å². The number of fused-ring (bicyclic) bond motifs is 1. The molecule has 4 rings (SSSR count). The van der Waals surface area contributed by atoms with Crippen molar-refractivity contribution in [1.29, 1.82) is 0 Å². The molecule has 0 radical (unpaired) electrons. The lowest BCUT2D eigenvalue weighted by molar-refractivity contribution is 0.423. The molecule has 0 saturated carbocycles. The molecule has 20 heavy (non-hydrogen) atoms. The minimum absolute atomic E-state index is 0.419. The zero-order valence-electron chi connectivity index (χ0n) is 10.3. The number of rotatable bonds is 3. The zero-order valence-corrected chi connectivity index (χ0v) is 11.1. The van der Waals surface area contributed by atoms with E-state index >= 15 is 0 Å². The molecule has 0 aliphatic heterocycles. The van der Waals surface area contributed by atoms with Crippen LogP contribution in [0, 0.1) is 0 Å². The minimum atomic E-state index is 0.419. The molecule has 6 nitrogen and oxygen atoms in total. The molecule has 4 heterocycles. The van der Waals surface area contributed by atoms with E-state index < -0.39 is 0 Å². The predicted octanol–water partition coefficient (Wildman–Crippen LogP) is 2.43. The van der Waals surface area contributed by atoms with Crippen LogP contribution in [0.15, 0.2) is 46.7 Å². The predicted molar refractivity (Wildman–Crippen MR) is 73.4 cm³/mol. The van der Waals surface area contributed by atoms with Crippen LogP contribution in [0.25, 0.3) is 17.4 Å². The smallest absolute Gasteiger partial charge is 0.278 e. The Morgan fingerprint density at radius 3 is 3.10 bits per heavy atom. The maximum absolute atomic E-state index is 5.27. The monoisotopic (exact) mass is 283 g/mol. The first-order valence-corrected chi connectivity index (χ1v) is 6.91. The summed E-state index contributed by atoms with van der Waals surface area (Å²) in [5.41, 5.74) is 0.633. The Morgan fingerprint density at radius 1 is 1.25 bits per heavy atom. The van der Waals surface area contributed by atoms with Gasteiger partial charge in [0.05, 0.1) is 0 Å². The SMILES string of the molecule is c1csc(Cc2noc(-c3cn4cccnc4n3)n2)c1. The molecule has 0 spiro atoms. The summed E-state index contributed by atoms with van der Waals surface area (Å²) >= 11 is 1.68. The van der Waals surface area contributed by atoms with Crippen LogP contribution in [0.3, 0.4) is 0 Å². The molecule has 0 saturated heterocycles. The van der Waals surface area contributed by atoms with Gasteiger partial charge in [-0.3, -0.25) is 4.40 Å². The summed E-state index contributed by atoms with van der Waals surface area (Å²) in [6.45, 7) is 0. The van der Waals surface area contributed by atoms with E-state index in [0.29, 0.717) is 29.6 Å². The third-order valence-corrected chi connectivity index (χ3v) is 3.71. The molecule has 4 aromatic heterocycles. The molecule has 0 aliphatic carbocycles.